The average Bonchev–Trinajstić information content (AvgIpc) is 2.97. The molecule has 0 aromatic heterocycles. The van der Waals surface area contributed by atoms with E-state index >= 15 is 0 Å². The van der Waals surface area contributed by atoms with Crippen molar-refractivity contribution in [1.29, 1.82) is 0 Å². The van der Waals surface area contributed by atoms with Gasteiger partial charge >= 0.3 is 5.97 Å². The van der Waals surface area contributed by atoms with Gasteiger partial charge in [-0.3, -0.25) is 4.79 Å². The van der Waals surface area contributed by atoms with Crippen molar-refractivity contribution < 1.29 is 23.8 Å². The lowest BCUT2D eigenvalue weighted by Crippen LogP contribution is -2.30. The molecule has 1 aliphatic rings. The largest absolute Gasteiger partial charge is 0.490 e. The van der Waals surface area contributed by atoms with Crippen LogP contribution >= 0.6 is 0 Å². The van der Waals surface area contributed by atoms with Crippen LogP contribution in [0.3, 0.4) is 0 Å². The third-order valence-corrected chi connectivity index (χ3v) is 4.51. The summed E-state index contributed by atoms with van der Waals surface area (Å²) in [5, 5.41) is 2.76. The number of aryl methyl sites for hydroxylation is 1. The third kappa shape index (κ3) is 6.38. The van der Waals surface area contributed by atoms with Crippen molar-refractivity contribution in [3.05, 3.63) is 65.2 Å². The molecule has 0 spiro atoms. The monoisotopic (exact) mass is 395 g/mol. The predicted molar refractivity (Wildman–Crippen MR) is 110 cm³/mol. The number of carbonyl (C=O) groups is 2. The van der Waals surface area contributed by atoms with E-state index in [2.05, 4.69) is 5.32 Å². The van der Waals surface area contributed by atoms with Gasteiger partial charge in [-0.2, -0.15) is 0 Å². The first-order valence-corrected chi connectivity index (χ1v) is 9.67. The first kappa shape index (κ1) is 20.5. The Bertz CT molecular complexity index is 891. The molecule has 1 heterocycles. The number of hydrogen-bond acceptors (Lipinski definition) is 5. The summed E-state index contributed by atoms with van der Waals surface area (Å²) < 4.78 is 16.2. The maximum atomic E-state index is 11.9. The third-order valence-electron chi connectivity index (χ3n) is 4.51. The summed E-state index contributed by atoms with van der Waals surface area (Å²) in [6, 6.07) is 13.5. The zero-order valence-corrected chi connectivity index (χ0v) is 16.5. The van der Waals surface area contributed by atoms with E-state index in [1.165, 1.54) is 17.2 Å². The van der Waals surface area contributed by atoms with Crippen LogP contribution < -0.4 is 14.8 Å². The van der Waals surface area contributed by atoms with Crippen LogP contribution in [-0.2, 0) is 20.7 Å². The Morgan fingerprint density at radius 3 is 2.72 bits per heavy atom. The van der Waals surface area contributed by atoms with E-state index < -0.39 is 5.97 Å². The van der Waals surface area contributed by atoms with Crippen molar-refractivity contribution in [2.75, 3.05) is 26.4 Å². The summed E-state index contributed by atoms with van der Waals surface area (Å²) in [5.74, 6) is 0.456. The molecular formula is C23H25NO5. The second-order valence-corrected chi connectivity index (χ2v) is 6.72. The molecule has 0 atom stereocenters. The van der Waals surface area contributed by atoms with Gasteiger partial charge in [0.15, 0.2) is 18.1 Å². The lowest BCUT2D eigenvalue weighted by molar-refractivity contribution is -0.143. The molecule has 6 heteroatoms. The minimum atomic E-state index is -0.578. The van der Waals surface area contributed by atoms with E-state index in [1.54, 1.807) is 6.08 Å². The van der Waals surface area contributed by atoms with Gasteiger partial charge in [-0.15, -0.1) is 0 Å². The molecule has 2 aromatic rings. The minimum Gasteiger partial charge on any atom is -0.490 e. The van der Waals surface area contributed by atoms with Gasteiger partial charge < -0.3 is 19.5 Å². The topological polar surface area (TPSA) is 73.9 Å². The quantitative estimate of drug-likeness (QED) is 0.576. The molecule has 3 rings (SSSR count). The van der Waals surface area contributed by atoms with Gasteiger partial charge in [0.2, 0.25) is 0 Å². The highest BCUT2D eigenvalue weighted by atomic mass is 16.5. The lowest BCUT2D eigenvalue weighted by Gasteiger charge is -2.08. The maximum Gasteiger partial charge on any atom is 0.331 e. The zero-order chi connectivity index (χ0) is 20.5. The molecule has 0 unspecified atom stereocenters. The number of fused-ring (bicyclic) bond motifs is 1. The summed E-state index contributed by atoms with van der Waals surface area (Å²) in [4.78, 5) is 23.7. The Morgan fingerprint density at radius 1 is 1.10 bits per heavy atom. The standard InChI is InChI=1S/C23H25NO5/c1-17-5-2-3-6-19(17)11-12-24-22(25)16-29-23(26)10-8-18-7-9-20-21(15-18)28-14-4-13-27-20/h2-3,5-10,15H,4,11-14,16H2,1H3,(H,24,25)/b10-8+. The summed E-state index contributed by atoms with van der Waals surface area (Å²) in [5.41, 5.74) is 3.16. The van der Waals surface area contributed by atoms with Gasteiger partial charge in [0.1, 0.15) is 0 Å². The van der Waals surface area contributed by atoms with Gasteiger partial charge in [-0.25, -0.2) is 4.79 Å². The van der Waals surface area contributed by atoms with E-state index in [0.717, 1.165) is 18.4 Å². The molecule has 1 amide bonds. The molecule has 0 saturated carbocycles. The van der Waals surface area contributed by atoms with Gasteiger partial charge in [-0.1, -0.05) is 30.3 Å². The van der Waals surface area contributed by atoms with Crippen molar-refractivity contribution in [3.8, 4) is 11.5 Å². The van der Waals surface area contributed by atoms with E-state index in [0.29, 0.717) is 31.3 Å². The van der Waals surface area contributed by atoms with Crippen molar-refractivity contribution in [3.63, 3.8) is 0 Å². The first-order valence-electron chi connectivity index (χ1n) is 9.67. The number of amides is 1. The Hall–Kier alpha value is -3.28. The molecule has 0 bridgehead atoms. The molecule has 0 fully saturated rings. The van der Waals surface area contributed by atoms with Gasteiger partial charge in [0.25, 0.3) is 5.91 Å². The Morgan fingerprint density at radius 2 is 1.90 bits per heavy atom. The van der Waals surface area contributed by atoms with Crippen molar-refractivity contribution in [1.82, 2.24) is 5.32 Å². The van der Waals surface area contributed by atoms with Crippen LogP contribution in [0, 0.1) is 6.92 Å². The minimum absolute atomic E-state index is 0.307. The number of nitrogens with one attached hydrogen (secondary N) is 1. The fourth-order valence-electron chi connectivity index (χ4n) is 2.91. The smallest absolute Gasteiger partial charge is 0.331 e. The van der Waals surface area contributed by atoms with Gasteiger partial charge in [0.05, 0.1) is 13.2 Å². The molecule has 0 radical (unpaired) electrons. The van der Waals surface area contributed by atoms with Crippen LogP contribution in [0.4, 0.5) is 0 Å². The van der Waals surface area contributed by atoms with E-state index in [-0.39, 0.29) is 12.5 Å². The molecule has 1 N–H and O–H groups in total. The van der Waals surface area contributed by atoms with Crippen molar-refractivity contribution in [2.24, 2.45) is 0 Å². The summed E-state index contributed by atoms with van der Waals surface area (Å²) in [6.07, 6.45) is 4.47. The average molecular weight is 395 g/mol. The normalized spacial score (nSPS) is 13.0. The van der Waals surface area contributed by atoms with Crippen LogP contribution in [0.1, 0.15) is 23.1 Å². The Kier molecular flexibility index (Phi) is 7.28. The second kappa shape index (κ2) is 10.3. The SMILES string of the molecule is Cc1ccccc1CCNC(=O)COC(=O)/C=C/c1ccc2c(c1)OCCCO2. The number of hydrogen-bond donors (Lipinski definition) is 1. The molecule has 0 saturated heterocycles. The lowest BCUT2D eigenvalue weighted by atomic mass is 10.1. The van der Waals surface area contributed by atoms with Crippen molar-refractivity contribution in [2.45, 2.75) is 19.8 Å². The van der Waals surface area contributed by atoms with Crippen LogP contribution in [-0.4, -0.2) is 38.2 Å². The summed E-state index contributed by atoms with van der Waals surface area (Å²) in [6.45, 7) is 3.45. The number of ether oxygens (including phenoxy) is 3. The fraction of sp³-hybridized carbons (Fsp3) is 0.304. The van der Waals surface area contributed by atoms with Crippen LogP contribution in [0.2, 0.25) is 0 Å². The molecule has 152 valence electrons. The van der Waals surface area contributed by atoms with Crippen LogP contribution in [0.5, 0.6) is 11.5 Å². The molecular weight excluding hydrogens is 370 g/mol. The van der Waals surface area contributed by atoms with E-state index in [9.17, 15) is 9.59 Å². The first-order chi connectivity index (χ1) is 14.1. The molecule has 6 nitrogen and oxygen atoms in total. The van der Waals surface area contributed by atoms with Gasteiger partial charge in [-0.05, 0) is 48.2 Å². The zero-order valence-electron chi connectivity index (χ0n) is 16.5. The highest BCUT2D eigenvalue weighted by Gasteiger charge is 2.10. The second-order valence-electron chi connectivity index (χ2n) is 6.72. The highest BCUT2D eigenvalue weighted by Crippen LogP contribution is 2.30. The molecule has 29 heavy (non-hydrogen) atoms. The Labute approximate surface area is 170 Å². The van der Waals surface area contributed by atoms with Crippen molar-refractivity contribution >= 4 is 18.0 Å². The number of rotatable bonds is 7. The number of benzene rings is 2. The van der Waals surface area contributed by atoms with E-state index in [1.807, 2.05) is 49.4 Å². The molecule has 0 aliphatic carbocycles. The predicted octanol–water partition coefficient (Wildman–Crippen LogP) is 3.07. The number of carbonyl (C=O) groups excluding carboxylic acids is 2. The van der Waals surface area contributed by atoms with Gasteiger partial charge in [0, 0.05) is 19.0 Å². The van der Waals surface area contributed by atoms with Crippen LogP contribution in [0.25, 0.3) is 6.08 Å². The summed E-state index contributed by atoms with van der Waals surface area (Å²) in [7, 11) is 0. The highest BCUT2D eigenvalue weighted by molar-refractivity contribution is 5.89. The number of esters is 1. The fourth-order valence-corrected chi connectivity index (χ4v) is 2.91. The Balaban J connectivity index is 1.40. The maximum absolute atomic E-state index is 11.9. The summed E-state index contributed by atoms with van der Waals surface area (Å²) >= 11 is 0. The molecule has 1 aliphatic heterocycles. The molecule has 2 aromatic carbocycles. The van der Waals surface area contributed by atoms with E-state index in [4.69, 9.17) is 14.2 Å². The van der Waals surface area contributed by atoms with Crippen LogP contribution in [0.15, 0.2) is 48.5 Å².